The van der Waals surface area contributed by atoms with Crippen molar-refractivity contribution < 1.29 is 40.5 Å². The Bertz CT molecular complexity index is 1410. The van der Waals surface area contributed by atoms with Gasteiger partial charge >= 0.3 is 12.2 Å². The smallest absolute Gasteiger partial charge is 0.365 e. The lowest BCUT2D eigenvalue weighted by Crippen LogP contribution is -2.40. The number of aryl methyl sites for hydroxylation is 1. The van der Waals surface area contributed by atoms with E-state index in [4.69, 9.17) is 10.3 Å². The molecular weight excluding hydrogens is 548 g/mol. The third-order valence-electron chi connectivity index (χ3n) is 7.35. The molecule has 0 spiro atoms. The number of imidazole rings is 1. The molecule has 0 bridgehead atoms. The summed E-state index contributed by atoms with van der Waals surface area (Å²) in [5.41, 5.74) is 6.43. The maximum Gasteiger partial charge on any atom is 0.410 e. The number of halogens is 6. The number of nitrogens with two attached hydrogens (primary N) is 1. The van der Waals surface area contributed by atoms with Crippen molar-refractivity contribution in [3.05, 3.63) is 46.7 Å². The molecule has 4 heterocycles. The lowest BCUT2D eigenvalue weighted by Gasteiger charge is -2.32. The summed E-state index contributed by atoms with van der Waals surface area (Å²) >= 11 is 0. The summed E-state index contributed by atoms with van der Waals surface area (Å²) in [6.45, 7) is -1.55. The average molecular weight is 573 g/mol. The van der Waals surface area contributed by atoms with Gasteiger partial charge in [0.25, 0.3) is 5.91 Å². The van der Waals surface area contributed by atoms with E-state index >= 15 is 0 Å². The number of nitrogens with one attached hydrogen (secondary N) is 1. The van der Waals surface area contributed by atoms with Crippen LogP contribution in [-0.2, 0) is 13.0 Å². The molecule has 3 N–H and O–H groups in total. The normalized spacial score (nSPS) is 20.7. The van der Waals surface area contributed by atoms with Crippen LogP contribution in [0.5, 0.6) is 0 Å². The van der Waals surface area contributed by atoms with E-state index in [9.17, 15) is 35.9 Å². The summed E-state index contributed by atoms with van der Waals surface area (Å²) < 4.78 is 87.0. The van der Waals surface area contributed by atoms with E-state index in [2.05, 4.69) is 15.2 Å². The van der Waals surface area contributed by atoms with Crippen molar-refractivity contribution in [1.82, 2.24) is 30.0 Å². The van der Waals surface area contributed by atoms with E-state index in [-0.39, 0.29) is 48.5 Å². The van der Waals surface area contributed by atoms with Crippen LogP contribution in [0.4, 0.5) is 31.1 Å². The van der Waals surface area contributed by atoms with Crippen LogP contribution in [0.3, 0.4) is 0 Å². The van der Waals surface area contributed by atoms with E-state index in [0.717, 1.165) is 4.90 Å². The van der Waals surface area contributed by atoms with Crippen LogP contribution in [-0.4, -0.2) is 68.0 Å². The maximum absolute atomic E-state index is 14.0. The van der Waals surface area contributed by atoms with E-state index in [1.54, 1.807) is 0 Å². The first-order chi connectivity index (χ1) is 18.9. The first-order valence-electron chi connectivity index (χ1n) is 12.5. The van der Waals surface area contributed by atoms with Gasteiger partial charge in [0.1, 0.15) is 11.6 Å². The third kappa shape index (κ3) is 5.43. The van der Waals surface area contributed by atoms with E-state index in [1.807, 2.05) is 5.32 Å². The van der Waals surface area contributed by atoms with Gasteiger partial charge in [-0.05, 0) is 30.4 Å². The van der Waals surface area contributed by atoms with Crippen molar-refractivity contribution in [3.63, 3.8) is 0 Å². The van der Waals surface area contributed by atoms with Gasteiger partial charge in [-0.3, -0.25) is 9.18 Å². The summed E-state index contributed by atoms with van der Waals surface area (Å²) in [5.74, 6) is -5.02. The van der Waals surface area contributed by atoms with Gasteiger partial charge in [-0.15, -0.1) is 0 Å². The second-order valence-corrected chi connectivity index (χ2v) is 10.1. The lowest BCUT2D eigenvalue weighted by atomic mass is 9.75. The minimum Gasteiger partial charge on any atom is -0.365 e. The average Bonchev–Trinajstić information content (AvgIpc) is 3.57. The number of primary amides is 1. The molecule has 216 valence electrons. The molecule has 10 nitrogen and oxygen atoms in total. The number of urea groups is 1. The highest BCUT2D eigenvalue weighted by Crippen LogP contribution is 2.46. The third-order valence-corrected chi connectivity index (χ3v) is 7.35. The Labute approximate surface area is 222 Å². The van der Waals surface area contributed by atoms with Gasteiger partial charge in [-0.2, -0.15) is 18.3 Å². The predicted octanol–water partition coefficient (Wildman–Crippen LogP) is 3.74. The van der Waals surface area contributed by atoms with Gasteiger partial charge < -0.3 is 20.5 Å². The molecule has 3 aromatic rings. The van der Waals surface area contributed by atoms with Gasteiger partial charge in [-0.25, -0.2) is 23.1 Å². The summed E-state index contributed by atoms with van der Waals surface area (Å²) in [6.07, 6.45) is -2.57. The summed E-state index contributed by atoms with van der Waals surface area (Å²) in [7, 11) is 0. The summed E-state index contributed by atoms with van der Waals surface area (Å²) in [5, 5.41) is 9.95. The fourth-order valence-corrected chi connectivity index (χ4v) is 5.36. The molecule has 16 heteroatoms. The molecule has 2 aliphatic rings. The first kappa shape index (κ1) is 27.7. The molecule has 5 rings (SSSR count). The number of amides is 3. The van der Waals surface area contributed by atoms with Crippen LogP contribution in [0.15, 0.2) is 23.0 Å². The minimum absolute atomic E-state index is 0.00160. The van der Waals surface area contributed by atoms with Crippen LogP contribution >= 0.6 is 0 Å². The van der Waals surface area contributed by atoms with E-state index in [0.29, 0.717) is 11.3 Å². The Kier molecular flexibility index (Phi) is 7.12. The number of hydrogen-bond acceptors (Lipinski definition) is 6. The number of hydrogen-bond donors (Lipinski definition) is 2. The number of aromatic nitrogens is 4. The molecule has 1 aliphatic heterocycles. The quantitative estimate of drug-likeness (QED) is 0.395. The zero-order valence-corrected chi connectivity index (χ0v) is 20.9. The SMILES string of the molecule is NC(=O)c1c(CCF)noc1[C@H](c1cn2ncc(CN3C[C@@H](C(F)(F)F)NC3=O)cc2n1)C1CCC(F)(F)CC1. The fourth-order valence-electron chi connectivity index (χ4n) is 5.36. The molecule has 1 saturated heterocycles. The molecule has 0 radical (unpaired) electrons. The lowest BCUT2D eigenvalue weighted by molar-refractivity contribution is -0.149. The summed E-state index contributed by atoms with van der Waals surface area (Å²) in [4.78, 5) is 29.9. The fraction of sp³-hybridized carbons (Fsp3) is 0.542. The first-order valence-corrected chi connectivity index (χ1v) is 12.5. The molecule has 0 aromatic carbocycles. The Morgan fingerprint density at radius 3 is 2.62 bits per heavy atom. The van der Waals surface area contributed by atoms with Crippen molar-refractivity contribution in [2.24, 2.45) is 11.7 Å². The standard InChI is InChI=1S/C24H25F6N7O3/c25-6-3-14-19(21(31)38)20(40-35-14)18(13-1-4-23(26,27)5-2-13)15-10-37-17(33-15)7-12(8-32-37)9-36-11-16(24(28,29)30)34-22(36)39/h7-8,10,13,16,18H,1-6,9,11H2,(H2,31,38)(H,34,39)/t16-,18-/m0/s1. The second kappa shape index (κ2) is 10.3. The molecule has 2 fully saturated rings. The van der Waals surface area contributed by atoms with Gasteiger partial charge in [0.2, 0.25) is 5.92 Å². The molecule has 1 aliphatic carbocycles. The highest BCUT2D eigenvalue weighted by Gasteiger charge is 2.47. The van der Waals surface area contributed by atoms with Gasteiger partial charge in [0.15, 0.2) is 11.4 Å². The van der Waals surface area contributed by atoms with Crippen molar-refractivity contribution in [3.8, 4) is 0 Å². The molecule has 40 heavy (non-hydrogen) atoms. The van der Waals surface area contributed by atoms with Gasteiger partial charge in [-0.1, -0.05) is 5.16 Å². The molecule has 3 aromatic heterocycles. The number of carbonyl (C=O) groups excluding carboxylic acids is 2. The second-order valence-electron chi connectivity index (χ2n) is 10.1. The molecule has 3 amide bonds. The number of alkyl halides is 6. The van der Waals surface area contributed by atoms with E-state index in [1.165, 1.54) is 23.0 Å². The zero-order valence-electron chi connectivity index (χ0n) is 20.9. The molecule has 1 saturated carbocycles. The predicted molar refractivity (Wildman–Crippen MR) is 125 cm³/mol. The Balaban J connectivity index is 1.48. The molecular formula is C24H25F6N7O3. The minimum atomic E-state index is -4.59. The Hall–Kier alpha value is -3.85. The van der Waals surface area contributed by atoms with Crippen LogP contribution in [0.25, 0.3) is 5.65 Å². The van der Waals surface area contributed by atoms with Crippen LogP contribution in [0, 0.1) is 5.92 Å². The molecule has 0 unspecified atom stereocenters. The number of nitrogens with zero attached hydrogens (tertiary/aromatic N) is 5. The van der Waals surface area contributed by atoms with Crippen LogP contribution in [0.1, 0.15) is 64.7 Å². The number of rotatable bonds is 8. The molecule has 2 atom stereocenters. The largest absolute Gasteiger partial charge is 0.410 e. The maximum atomic E-state index is 14.0. The van der Waals surface area contributed by atoms with Gasteiger partial charge in [0, 0.05) is 25.8 Å². The number of carbonyl (C=O) groups is 2. The van der Waals surface area contributed by atoms with Crippen LogP contribution in [0.2, 0.25) is 0 Å². The van der Waals surface area contributed by atoms with Crippen LogP contribution < -0.4 is 11.1 Å². The highest BCUT2D eigenvalue weighted by atomic mass is 19.4. The Morgan fingerprint density at radius 2 is 2.00 bits per heavy atom. The summed E-state index contributed by atoms with van der Waals surface area (Å²) in [6, 6.07) is -1.32. The van der Waals surface area contributed by atoms with Crippen molar-refractivity contribution in [2.45, 2.75) is 62.7 Å². The monoisotopic (exact) mass is 573 g/mol. The topological polar surface area (TPSA) is 132 Å². The Morgan fingerprint density at radius 1 is 1.27 bits per heavy atom. The van der Waals surface area contributed by atoms with Gasteiger partial charge in [0.05, 0.1) is 42.9 Å². The van der Waals surface area contributed by atoms with Crippen molar-refractivity contribution >= 4 is 17.6 Å². The van der Waals surface area contributed by atoms with Crippen molar-refractivity contribution in [1.29, 1.82) is 0 Å². The zero-order chi connectivity index (χ0) is 28.8. The van der Waals surface area contributed by atoms with E-state index < -0.39 is 68.0 Å². The number of fused-ring (bicyclic) bond motifs is 1. The highest BCUT2D eigenvalue weighted by molar-refractivity contribution is 5.95. The van der Waals surface area contributed by atoms with Crippen molar-refractivity contribution in [2.75, 3.05) is 13.2 Å².